The van der Waals surface area contributed by atoms with Crippen LogP contribution in [-0.4, -0.2) is 22.7 Å². The highest BCUT2D eigenvalue weighted by molar-refractivity contribution is 7.18. The van der Waals surface area contributed by atoms with Crippen LogP contribution in [0.2, 0.25) is 4.34 Å². The van der Waals surface area contributed by atoms with Gasteiger partial charge < -0.3 is 10.2 Å². The van der Waals surface area contributed by atoms with E-state index >= 15 is 0 Å². The predicted octanol–water partition coefficient (Wildman–Crippen LogP) is 4.20. The lowest BCUT2D eigenvalue weighted by Gasteiger charge is -2.21. The van der Waals surface area contributed by atoms with Crippen molar-refractivity contribution in [2.45, 2.75) is 18.6 Å². The molecule has 5 nitrogen and oxygen atoms in total. The normalized spacial score (nSPS) is 17.1. The lowest BCUT2D eigenvalue weighted by molar-refractivity contribution is -0.131. The standard InChI is InChI=1S/C20H16ClN3O2S/c21-18-7-6-17(27-18)15-12-16(26-24-15)20(25)23-19(13-4-2-1-3-5-13)14-8-10-22-11-9-14/h1-11,16,19H,12H2,(H,23,25)/t16-,19+/m0/s1. The number of amides is 1. The number of aromatic nitrogens is 1. The number of rotatable bonds is 5. The molecule has 7 heteroatoms. The molecule has 0 radical (unpaired) electrons. The SMILES string of the molecule is O=C(N[C@H](c1ccccc1)c1ccncc1)[C@@H]1CC(c2ccc(Cl)s2)=NO1. The molecule has 2 aromatic heterocycles. The molecule has 3 heterocycles. The first-order valence-electron chi connectivity index (χ1n) is 8.44. The number of pyridine rings is 1. The van der Waals surface area contributed by atoms with Crippen LogP contribution in [0.25, 0.3) is 0 Å². The lowest BCUT2D eigenvalue weighted by atomic mass is 9.99. The maximum Gasteiger partial charge on any atom is 0.265 e. The topological polar surface area (TPSA) is 63.6 Å². The molecule has 1 aliphatic heterocycles. The van der Waals surface area contributed by atoms with Gasteiger partial charge in [-0.3, -0.25) is 9.78 Å². The summed E-state index contributed by atoms with van der Waals surface area (Å²) in [5.41, 5.74) is 2.68. The maximum atomic E-state index is 12.8. The van der Waals surface area contributed by atoms with Gasteiger partial charge in [0.15, 0.2) is 0 Å². The summed E-state index contributed by atoms with van der Waals surface area (Å²) >= 11 is 7.40. The number of thiophene rings is 1. The smallest absolute Gasteiger partial charge is 0.265 e. The number of hydrogen-bond acceptors (Lipinski definition) is 5. The van der Waals surface area contributed by atoms with E-state index in [4.69, 9.17) is 16.4 Å². The molecule has 0 fully saturated rings. The summed E-state index contributed by atoms with van der Waals surface area (Å²) in [6, 6.07) is 17.0. The van der Waals surface area contributed by atoms with Crippen molar-refractivity contribution in [3.05, 3.63) is 87.3 Å². The van der Waals surface area contributed by atoms with E-state index in [0.717, 1.165) is 21.7 Å². The van der Waals surface area contributed by atoms with E-state index in [0.29, 0.717) is 10.8 Å². The fourth-order valence-corrected chi connectivity index (χ4v) is 3.96. The zero-order chi connectivity index (χ0) is 18.6. The Labute approximate surface area is 165 Å². The molecule has 0 saturated heterocycles. The van der Waals surface area contributed by atoms with Gasteiger partial charge in [-0.25, -0.2) is 0 Å². The molecule has 3 aromatic rings. The number of oxime groups is 1. The molecular formula is C20H16ClN3O2S. The second kappa shape index (κ2) is 7.90. The van der Waals surface area contributed by atoms with Crippen molar-refractivity contribution in [2.24, 2.45) is 5.16 Å². The highest BCUT2D eigenvalue weighted by atomic mass is 35.5. The number of carbonyl (C=O) groups is 1. The molecule has 1 aliphatic rings. The highest BCUT2D eigenvalue weighted by Crippen LogP contribution is 2.27. The molecule has 0 unspecified atom stereocenters. The van der Waals surface area contributed by atoms with Crippen LogP contribution in [0.1, 0.15) is 28.5 Å². The zero-order valence-electron chi connectivity index (χ0n) is 14.2. The number of nitrogens with one attached hydrogen (secondary N) is 1. The molecule has 4 rings (SSSR count). The van der Waals surface area contributed by atoms with Gasteiger partial charge in [0, 0.05) is 18.8 Å². The van der Waals surface area contributed by atoms with E-state index in [-0.39, 0.29) is 11.9 Å². The zero-order valence-corrected chi connectivity index (χ0v) is 15.8. The Morgan fingerprint density at radius 2 is 1.85 bits per heavy atom. The van der Waals surface area contributed by atoms with Crippen molar-refractivity contribution in [2.75, 3.05) is 0 Å². The fraction of sp³-hybridized carbons (Fsp3) is 0.150. The summed E-state index contributed by atoms with van der Waals surface area (Å²) in [6.45, 7) is 0. The first-order valence-corrected chi connectivity index (χ1v) is 9.64. The molecule has 0 saturated carbocycles. The summed E-state index contributed by atoms with van der Waals surface area (Å²) in [7, 11) is 0. The van der Waals surface area contributed by atoms with Crippen LogP contribution >= 0.6 is 22.9 Å². The van der Waals surface area contributed by atoms with E-state index in [9.17, 15) is 4.79 Å². The summed E-state index contributed by atoms with van der Waals surface area (Å²) in [5.74, 6) is -0.206. The van der Waals surface area contributed by atoms with Crippen molar-refractivity contribution in [3.8, 4) is 0 Å². The molecule has 1 N–H and O–H groups in total. The number of nitrogens with zero attached hydrogens (tertiary/aromatic N) is 2. The van der Waals surface area contributed by atoms with Crippen molar-refractivity contribution in [3.63, 3.8) is 0 Å². The van der Waals surface area contributed by atoms with Crippen LogP contribution in [-0.2, 0) is 9.63 Å². The summed E-state index contributed by atoms with van der Waals surface area (Å²) in [4.78, 5) is 23.2. The van der Waals surface area contributed by atoms with Crippen LogP contribution < -0.4 is 5.32 Å². The van der Waals surface area contributed by atoms with Crippen LogP contribution in [0.5, 0.6) is 0 Å². The van der Waals surface area contributed by atoms with Crippen LogP contribution in [0, 0.1) is 0 Å². The molecule has 1 aromatic carbocycles. The predicted molar refractivity (Wildman–Crippen MR) is 106 cm³/mol. The molecule has 1 amide bonds. The second-order valence-electron chi connectivity index (χ2n) is 6.07. The summed E-state index contributed by atoms with van der Waals surface area (Å²) in [6.07, 6.45) is 3.19. The third-order valence-electron chi connectivity index (χ3n) is 4.28. The average molecular weight is 398 g/mol. The second-order valence-corrected chi connectivity index (χ2v) is 7.79. The van der Waals surface area contributed by atoms with Gasteiger partial charge in [0.2, 0.25) is 6.10 Å². The van der Waals surface area contributed by atoms with E-state index in [2.05, 4.69) is 15.5 Å². The van der Waals surface area contributed by atoms with Gasteiger partial charge in [0.05, 0.1) is 15.3 Å². The van der Waals surface area contributed by atoms with E-state index in [1.54, 1.807) is 12.4 Å². The summed E-state index contributed by atoms with van der Waals surface area (Å²) < 4.78 is 0.683. The van der Waals surface area contributed by atoms with Crippen LogP contribution in [0.3, 0.4) is 0 Å². The molecule has 0 aliphatic carbocycles. The Bertz CT molecular complexity index is 920. The van der Waals surface area contributed by atoms with Gasteiger partial charge in [0.25, 0.3) is 5.91 Å². The van der Waals surface area contributed by atoms with E-state index in [1.807, 2.05) is 54.6 Å². The van der Waals surface area contributed by atoms with Crippen LogP contribution in [0.4, 0.5) is 0 Å². The Morgan fingerprint density at radius 1 is 1.11 bits per heavy atom. The van der Waals surface area contributed by atoms with Crippen molar-refractivity contribution in [1.82, 2.24) is 10.3 Å². The number of carbonyl (C=O) groups excluding carboxylic acids is 1. The summed E-state index contributed by atoms with van der Waals surface area (Å²) in [5, 5.41) is 7.15. The van der Waals surface area contributed by atoms with Gasteiger partial charge in [-0.15, -0.1) is 11.3 Å². The first-order chi connectivity index (χ1) is 13.2. The third-order valence-corrected chi connectivity index (χ3v) is 5.56. The Morgan fingerprint density at radius 3 is 2.56 bits per heavy atom. The van der Waals surface area contributed by atoms with Crippen LogP contribution in [0.15, 0.2) is 72.1 Å². The van der Waals surface area contributed by atoms with Gasteiger partial charge in [0.1, 0.15) is 5.71 Å². The monoisotopic (exact) mass is 397 g/mol. The highest BCUT2D eigenvalue weighted by Gasteiger charge is 2.31. The Balaban J connectivity index is 1.50. The Hall–Kier alpha value is -2.70. The van der Waals surface area contributed by atoms with Crippen molar-refractivity contribution >= 4 is 34.6 Å². The van der Waals surface area contributed by atoms with E-state index in [1.165, 1.54) is 11.3 Å². The van der Waals surface area contributed by atoms with Crippen molar-refractivity contribution < 1.29 is 9.63 Å². The largest absolute Gasteiger partial charge is 0.382 e. The molecule has 27 heavy (non-hydrogen) atoms. The molecule has 2 atom stereocenters. The minimum Gasteiger partial charge on any atom is -0.382 e. The first kappa shape index (κ1) is 17.7. The molecule has 0 spiro atoms. The number of halogens is 1. The quantitative estimate of drug-likeness (QED) is 0.701. The lowest BCUT2D eigenvalue weighted by Crippen LogP contribution is -2.37. The van der Waals surface area contributed by atoms with E-state index < -0.39 is 6.10 Å². The minimum absolute atomic E-state index is 0.206. The maximum absolute atomic E-state index is 12.8. The molecule has 136 valence electrons. The minimum atomic E-state index is -0.658. The number of hydrogen-bond donors (Lipinski definition) is 1. The average Bonchev–Trinajstić information content (AvgIpc) is 3.36. The van der Waals surface area contributed by atoms with Gasteiger partial charge in [-0.1, -0.05) is 47.1 Å². The Kier molecular flexibility index (Phi) is 5.18. The number of benzene rings is 1. The van der Waals surface area contributed by atoms with Gasteiger partial charge >= 0.3 is 0 Å². The van der Waals surface area contributed by atoms with Crippen molar-refractivity contribution in [1.29, 1.82) is 0 Å². The fourth-order valence-electron chi connectivity index (χ4n) is 2.93. The molecular weight excluding hydrogens is 382 g/mol. The molecule has 0 bridgehead atoms. The third kappa shape index (κ3) is 4.02. The van der Waals surface area contributed by atoms with Gasteiger partial charge in [-0.2, -0.15) is 0 Å². The van der Waals surface area contributed by atoms with Gasteiger partial charge in [-0.05, 0) is 35.4 Å².